The van der Waals surface area contributed by atoms with Crippen molar-refractivity contribution in [3.05, 3.63) is 30.3 Å². The third-order valence-electron chi connectivity index (χ3n) is 1.38. The summed E-state index contributed by atoms with van der Waals surface area (Å²) in [6, 6.07) is 9.69. The monoisotopic (exact) mass is 253 g/mol. The predicted octanol–water partition coefficient (Wildman–Crippen LogP) is 0.864. The maximum Gasteiger partial charge on any atom is 0.204 e. The molecule has 4 nitrogen and oxygen atoms in total. The van der Waals surface area contributed by atoms with Crippen LogP contribution in [0.3, 0.4) is 0 Å². The molecule has 1 heterocycles. The van der Waals surface area contributed by atoms with E-state index in [0.717, 1.165) is 5.56 Å². The van der Waals surface area contributed by atoms with E-state index in [1.54, 1.807) is 0 Å². The molecule has 0 bridgehead atoms. The molecule has 1 aromatic heterocycles. The maximum absolute atomic E-state index is 3.84. The van der Waals surface area contributed by atoms with Gasteiger partial charge in [-0.2, -0.15) is 5.21 Å². The molecule has 0 saturated carbocycles. The van der Waals surface area contributed by atoms with E-state index in [1.165, 1.54) is 0 Å². The second kappa shape index (κ2) is 4.16. The van der Waals surface area contributed by atoms with Gasteiger partial charge in [-0.1, -0.05) is 30.3 Å². The van der Waals surface area contributed by atoms with Crippen LogP contribution < -0.4 is 0 Å². The fourth-order valence-electron chi connectivity index (χ4n) is 0.871. The van der Waals surface area contributed by atoms with Crippen molar-refractivity contribution in [1.29, 1.82) is 0 Å². The molecule has 0 amide bonds. The van der Waals surface area contributed by atoms with Crippen LogP contribution in [0.1, 0.15) is 0 Å². The molecule has 1 N–H and O–H groups in total. The molecule has 0 atom stereocenters. The van der Waals surface area contributed by atoms with Crippen molar-refractivity contribution in [2.24, 2.45) is 0 Å². The fraction of sp³-hybridized carbons (Fsp3) is 0. The molecular formula is C7H6AgN4. The molecule has 12 heavy (non-hydrogen) atoms. The Morgan fingerprint density at radius 1 is 1.08 bits per heavy atom. The van der Waals surface area contributed by atoms with Crippen LogP contribution in [-0.4, -0.2) is 20.6 Å². The van der Waals surface area contributed by atoms with Crippen LogP contribution in [0, 0.1) is 0 Å². The number of hydrogen-bond donors (Lipinski definition) is 1. The normalized spacial score (nSPS) is 9.00. The second-order valence-corrected chi connectivity index (χ2v) is 2.10. The van der Waals surface area contributed by atoms with Crippen molar-refractivity contribution in [2.45, 2.75) is 0 Å². The molecule has 0 aliphatic carbocycles. The van der Waals surface area contributed by atoms with Crippen molar-refractivity contribution < 1.29 is 22.4 Å². The number of H-pyrrole nitrogens is 1. The third kappa shape index (κ3) is 1.79. The van der Waals surface area contributed by atoms with Gasteiger partial charge in [-0.25, -0.2) is 0 Å². The van der Waals surface area contributed by atoms with Gasteiger partial charge in [-0.05, 0) is 5.21 Å². The minimum atomic E-state index is 0. The summed E-state index contributed by atoms with van der Waals surface area (Å²) >= 11 is 0. The molecule has 0 aliphatic heterocycles. The van der Waals surface area contributed by atoms with Gasteiger partial charge < -0.3 is 0 Å². The molecule has 2 rings (SSSR count). The summed E-state index contributed by atoms with van der Waals surface area (Å²) in [4.78, 5) is 0. The van der Waals surface area contributed by atoms with E-state index in [1.807, 2.05) is 30.3 Å². The Bertz CT molecular complexity index is 318. The Kier molecular flexibility index (Phi) is 3.16. The number of aromatic nitrogens is 4. The third-order valence-corrected chi connectivity index (χ3v) is 1.38. The number of benzene rings is 1. The van der Waals surface area contributed by atoms with E-state index in [0.29, 0.717) is 5.82 Å². The van der Waals surface area contributed by atoms with Gasteiger partial charge in [-0.15, -0.1) is 10.2 Å². The van der Waals surface area contributed by atoms with Crippen LogP contribution in [0.5, 0.6) is 0 Å². The Hall–Kier alpha value is -0.970. The average molecular weight is 254 g/mol. The number of nitrogens with one attached hydrogen (secondary N) is 1. The molecule has 0 spiro atoms. The minimum Gasteiger partial charge on any atom is -0.177 e. The summed E-state index contributed by atoms with van der Waals surface area (Å²) in [6.07, 6.45) is 0. The molecule has 2 aromatic rings. The maximum atomic E-state index is 3.84. The van der Waals surface area contributed by atoms with Gasteiger partial charge in [0.05, 0.1) is 0 Å². The Labute approximate surface area is 84.9 Å². The van der Waals surface area contributed by atoms with E-state index in [9.17, 15) is 0 Å². The summed E-state index contributed by atoms with van der Waals surface area (Å²) in [5, 5.41) is 13.5. The molecule has 0 aliphatic rings. The molecule has 0 fully saturated rings. The largest absolute Gasteiger partial charge is 0.204 e. The van der Waals surface area contributed by atoms with Crippen molar-refractivity contribution in [2.75, 3.05) is 0 Å². The quantitative estimate of drug-likeness (QED) is 0.768. The minimum absolute atomic E-state index is 0. The zero-order valence-electron chi connectivity index (χ0n) is 6.03. The summed E-state index contributed by atoms with van der Waals surface area (Å²) in [5.41, 5.74) is 0.973. The van der Waals surface area contributed by atoms with Crippen LogP contribution in [0.15, 0.2) is 30.3 Å². The van der Waals surface area contributed by atoms with Crippen molar-refractivity contribution >= 4 is 0 Å². The van der Waals surface area contributed by atoms with Gasteiger partial charge in [-0.3, -0.25) is 0 Å². The molecular weight excluding hydrogens is 248 g/mol. The first-order valence-electron chi connectivity index (χ1n) is 3.26. The molecule has 0 unspecified atom stereocenters. The number of tetrazole rings is 1. The first-order valence-corrected chi connectivity index (χ1v) is 3.26. The van der Waals surface area contributed by atoms with Crippen molar-refractivity contribution in [1.82, 2.24) is 20.6 Å². The summed E-state index contributed by atoms with van der Waals surface area (Å²) < 4.78 is 0. The van der Waals surface area contributed by atoms with E-state index in [-0.39, 0.29) is 22.4 Å². The molecule has 5 heteroatoms. The van der Waals surface area contributed by atoms with Gasteiger partial charge in [0, 0.05) is 27.9 Å². The molecule has 65 valence electrons. The number of aromatic amines is 1. The van der Waals surface area contributed by atoms with E-state index < -0.39 is 0 Å². The van der Waals surface area contributed by atoms with E-state index in [2.05, 4.69) is 20.6 Å². The first-order chi connectivity index (χ1) is 5.47. The number of nitrogens with zero attached hydrogens (tertiary/aromatic N) is 3. The molecule has 0 saturated heterocycles. The van der Waals surface area contributed by atoms with E-state index in [4.69, 9.17) is 0 Å². The zero-order valence-corrected chi connectivity index (χ0v) is 7.51. The number of hydrogen-bond acceptors (Lipinski definition) is 3. The average Bonchev–Trinajstić information content (AvgIpc) is 2.58. The number of rotatable bonds is 1. The Balaban J connectivity index is 0.000000720. The summed E-state index contributed by atoms with van der Waals surface area (Å²) in [6.45, 7) is 0. The Morgan fingerprint density at radius 3 is 2.42 bits per heavy atom. The smallest absolute Gasteiger partial charge is 0.177 e. The van der Waals surface area contributed by atoms with Crippen LogP contribution >= 0.6 is 0 Å². The van der Waals surface area contributed by atoms with Gasteiger partial charge in [0.2, 0.25) is 5.82 Å². The predicted molar refractivity (Wildman–Crippen MR) is 39.6 cm³/mol. The van der Waals surface area contributed by atoms with Gasteiger partial charge >= 0.3 is 0 Å². The van der Waals surface area contributed by atoms with Crippen LogP contribution in [0.25, 0.3) is 11.4 Å². The van der Waals surface area contributed by atoms with Gasteiger partial charge in [0.1, 0.15) is 0 Å². The van der Waals surface area contributed by atoms with Crippen molar-refractivity contribution in [3.63, 3.8) is 0 Å². The van der Waals surface area contributed by atoms with E-state index >= 15 is 0 Å². The molecule has 1 aromatic carbocycles. The van der Waals surface area contributed by atoms with Crippen LogP contribution in [0.4, 0.5) is 0 Å². The van der Waals surface area contributed by atoms with Crippen LogP contribution in [-0.2, 0) is 22.4 Å². The summed E-state index contributed by atoms with van der Waals surface area (Å²) in [5.74, 6) is 0.630. The first kappa shape index (κ1) is 9.12. The standard InChI is InChI=1S/C7H6N4.Ag/c1-2-4-6(5-3-1)7-8-10-11-9-7;/h1-5H,(H,8,9,10,11);. The molecule has 1 radical (unpaired) electrons. The van der Waals surface area contributed by atoms with Gasteiger partial charge in [0.25, 0.3) is 0 Å². The fourth-order valence-corrected chi connectivity index (χ4v) is 0.871. The van der Waals surface area contributed by atoms with Crippen LogP contribution in [0.2, 0.25) is 0 Å². The Morgan fingerprint density at radius 2 is 1.83 bits per heavy atom. The van der Waals surface area contributed by atoms with Crippen molar-refractivity contribution in [3.8, 4) is 11.4 Å². The topological polar surface area (TPSA) is 54.5 Å². The zero-order chi connectivity index (χ0) is 7.52. The SMILES string of the molecule is [Ag].c1ccc(-c2nn[nH]n2)cc1. The second-order valence-electron chi connectivity index (χ2n) is 2.10. The summed E-state index contributed by atoms with van der Waals surface area (Å²) in [7, 11) is 0. The van der Waals surface area contributed by atoms with Gasteiger partial charge in [0.15, 0.2) is 0 Å².